The van der Waals surface area contributed by atoms with Crippen molar-refractivity contribution in [2.75, 3.05) is 24.5 Å². The van der Waals surface area contributed by atoms with Gasteiger partial charge in [0, 0.05) is 18.1 Å². The van der Waals surface area contributed by atoms with E-state index in [1.165, 1.54) is 17.0 Å². The molecule has 39 heavy (non-hydrogen) atoms. The van der Waals surface area contributed by atoms with Gasteiger partial charge in [0.1, 0.15) is 18.3 Å². The van der Waals surface area contributed by atoms with Crippen LogP contribution >= 0.6 is 11.6 Å². The van der Waals surface area contributed by atoms with E-state index in [2.05, 4.69) is 5.32 Å². The lowest BCUT2D eigenvalue weighted by molar-refractivity contribution is -0.140. The highest BCUT2D eigenvalue weighted by Gasteiger charge is 2.33. The average Bonchev–Trinajstić information content (AvgIpc) is 2.92. The van der Waals surface area contributed by atoms with Crippen LogP contribution in [0.4, 0.5) is 5.69 Å². The zero-order valence-corrected chi connectivity index (χ0v) is 24.1. The van der Waals surface area contributed by atoms with Crippen LogP contribution in [0.3, 0.4) is 0 Å². The second-order valence-electron chi connectivity index (χ2n) is 8.99. The molecule has 0 aliphatic rings. The quantitative estimate of drug-likeness (QED) is 0.337. The smallest absolute Gasteiger partial charge is 0.264 e. The third kappa shape index (κ3) is 7.52. The Morgan fingerprint density at radius 3 is 2.10 bits per heavy atom. The fourth-order valence-corrected chi connectivity index (χ4v) is 5.65. The predicted octanol–water partition coefficient (Wildman–Crippen LogP) is 4.80. The number of hydrogen-bond acceptors (Lipinski definition) is 5. The van der Waals surface area contributed by atoms with E-state index in [9.17, 15) is 18.0 Å². The summed E-state index contributed by atoms with van der Waals surface area (Å²) in [6.45, 7) is 5.48. The highest BCUT2D eigenvalue weighted by atomic mass is 35.5. The maximum Gasteiger partial charge on any atom is 0.264 e. The third-order valence-corrected chi connectivity index (χ3v) is 8.29. The van der Waals surface area contributed by atoms with Gasteiger partial charge in [-0.15, -0.1) is 0 Å². The second-order valence-corrected chi connectivity index (χ2v) is 11.3. The molecule has 0 aliphatic carbocycles. The largest absolute Gasteiger partial charge is 0.497 e. The number of amides is 2. The third-order valence-electron chi connectivity index (χ3n) is 6.25. The number of anilines is 1. The molecule has 3 rings (SSSR count). The number of methoxy groups -OCH3 is 1. The zero-order chi connectivity index (χ0) is 28.6. The summed E-state index contributed by atoms with van der Waals surface area (Å²) >= 11 is 6.06. The minimum atomic E-state index is -4.13. The van der Waals surface area contributed by atoms with E-state index in [1.807, 2.05) is 26.0 Å². The lowest BCUT2D eigenvalue weighted by Gasteiger charge is -2.33. The Balaban J connectivity index is 2.04. The summed E-state index contributed by atoms with van der Waals surface area (Å²) in [5.74, 6) is -0.165. The van der Waals surface area contributed by atoms with Crippen molar-refractivity contribution in [1.82, 2.24) is 10.2 Å². The molecule has 0 aromatic heterocycles. The van der Waals surface area contributed by atoms with Crippen LogP contribution in [0.5, 0.6) is 5.75 Å². The maximum atomic E-state index is 14.0. The first kappa shape index (κ1) is 30.0. The van der Waals surface area contributed by atoms with Crippen LogP contribution in [0.25, 0.3) is 0 Å². The van der Waals surface area contributed by atoms with Gasteiger partial charge in [-0.1, -0.05) is 48.4 Å². The maximum absolute atomic E-state index is 14.0. The van der Waals surface area contributed by atoms with Crippen LogP contribution in [-0.2, 0) is 26.2 Å². The number of carbonyl (C=O) groups is 2. The van der Waals surface area contributed by atoms with E-state index in [-0.39, 0.29) is 23.0 Å². The van der Waals surface area contributed by atoms with Crippen LogP contribution < -0.4 is 14.4 Å². The van der Waals surface area contributed by atoms with Crippen LogP contribution in [0.2, 0.25) is 5.02 Å². The van der Waals surface area contributed by atoms with Gasteiger partial charge in [-0.3, -0.25) is 13.9 Å². The van der Waals surface area contributed by atoms with Gasteiger partial charge in [0.25, 0.3) is 10.0 Å². The molecular formula is C29H34ClN3O5S. The Hall–Kier alpha value is -3.56. The number of aryl methyl sites for hydroxylation is 1. The van der Waals surface area contributed by atoms with Gasteiger partial charge in [-0.25, -0.2) is 8.42 Å². The number of nitrogens with one attached hydrogen (secondary N) is 1. The number of ether oxygens (including phenoxy) is 1. The summed E-state index contributed by atoms with van der Waals surface area (Å²) in [5.41, 5.74) is 1.96. The SMILES string of the molecule is CCNC(=O)[C@H](CC)N(Cc1ccc(OC)cc1)C(=O)CN(c1ccc(Cl)cc1)S(=O)(=O)c1ccc(C)cc1. The molecule has 0 saturated heterocycles. The summed E-state index contributed by atoms with van der Waals surface area (Å²) in [6.07, 6.45) is 0.347. The van der Waals surface area contributed by atoms with Crippen molar-refractivity contribution in [2.45, 2.75) is 44.7 Å². The standard InChI is InChI=1S/C29H34ClN3O5S/c1-5-27(29(35)31-6-2)32(19-22-9-15-25(38-4)16-10-22)28(34)20-33(24-13-11-23(30)12-14-24)39(36,37)26-17-7-21(3)8-18-26/h7-18,27H,5-6,19-20H2,1-4H3,(H,31,35)/t27-/m0/s1. The summed E-state index contributed by atoms with van der Waals surface area (Å²) < 4.78 is 33.9. The molecule has 0 aliphatic heterocycles. The van der Waals surface area contributed by atoms with Crippen molar-refractivity contribution >= 4 is 39.1 Å². The first-order chi connectivity index (χ1) is 18.6. The minimum Gasteiger partial charge on any atom is -0.497 e. The average molecular weight is 572 g/mol. The van der Waals surface area contributed by atoms with Crippen LogP contribution in [0.1, 0.15) is 31.4 Å². The van der Waals surface area contributed by atoms with E-state index in [4.69, 9.17) is 16.3 Å². The number of nitrogens with zero attached hydrogens (tertiary/aromatic N) is 2. The molecule has 0 radical (unpaired) electrons. The molecule has 0 saturated carbocycles. The zero-order valence-electron chi connectivity index (χ0n) is 22.6. The molecule has 208 valence electrons. The van der Waals surface area contributed by atoms with E-state index in [0.29, 0.717) is 23.7 Å². The summed E-state index contributed by atoms with van der Waals surface area (Å²) in [7, 11) is -2.57. The Kier molecular flexibility index (Phi) is 10.4. The monoisotopic (exact) mass is 571 g/mol. The van der Waals surface area contributed by atoms with E-state index in [1.54, 1.807) is 62.6 Å². The molecule has 3 aromatic rings. The number of rotatable bonds is 12. The Bertz CT molecular complexity index is 1360. The molecule has 0 spiro atoms. The van der Waals surface area contributed by atoms with Crippen LogP contribution in [0.15, 0.2) is 77.7 Å². The number of carbonyl (C=O) groups excluding carboxylic acids is 2. The highest BCUT2D eigenvalue weighted by molar-refractivity contribution is 7.92. The normalized spacial score (nSPS) is 11.9. The van der Waals surface area contributed by atoms with Gasteiger partial charge < -0.3 is 15.0 Å². The molecule has 2 amide bonds. The molecule has 0 fully saturated rings. The first-order valence-corrected chi connectivity index (χ1v) is 14.5. The summed E-state index contributed by atoms with van der Waals surface area (Å²) in [6, 6.07) is 19.0. The van der Waals surface area contributed by atoms with Crippen molar-refractivity contribution in [2.24, 2.45) is 0 Å². The number of benzene rings is 3. The van der Waals surface area contributed by atoms with Crippen molar-refractivity contribution < 1.29 is 22.7 Å². The second kappa shape index (κ2) is 13.5. The fraction of sp³-hybridized carbons (Fsp3) is 0.310. The van der Waals surface area contributed by atoms with Gasteiger partial charge in [0.2, 0.25) is 11.8 Å². The molecular weight excluding hydrogens is 538 g/mol. The fourth-order valence-electron chi connectivity index (χ4n) is 4.11. The van der Waals surface area contributed by atoms with Crippen LogP contribution in [0, 0.1) is 6.92 Å². The topological polar surface area (TPSA) is 96.0 Å². The number of hydrogen-bond donors (Lipinski definition) is 1. The summed E-state index contributed by atoms with van der Waals surface area (Å²) in [5, 5.41) is 3.22. The number of likely N-dealkylation sites (N-methyl/N-ethyl adjacent to an activating group) is 1. The van der Waals surface area contributed by atoms with E-state index < -0.39 is 28.5 Å². The first-order valence-electron chi connectivity index (χ1n) is 12.7. The van der Waals surface area contributed by atoms with Crippen LogP contribution in [-0.4, -0.2) is 51.4 Å². The lowest BCUT2D eigenvalue weighted by Crippen LogP contribution is -2.52. The van der Waals surface area contributed by atoms with E-state index >= 15 is 0 Å². The molecule has 0 heterocycles. The Morgan fingerprint density at radius 1 is 0.949 bits per heavy atom. The highest BCUT2D eigenvalue weighted by Crippen LogP contribution is 2.26. The molecule has 10 heteroatoms. The number of sulfonamides is 1. The predicted molar refractivity (Wildman–Crippen MR) is 153 cm³/mol. The molecule has 8 nitrogen and oxygen atoms in total. The molecule has 0 bridgehead atoms. The van der Waals surface area contributed by atoms with Gasteiger partial charge in [0.05, 0.1) is 17.7 Å². The minimum absolute atomic E-state index is 0.0494. The van der Waals surface area contributed by atoms with Gasteiger partial charge in [-0.2, -0.15) is 0 Å². The lowest BCUT2D eigenvalue weighted by atomic mass is 10.1. The Labute approximate surface area is 235 Å². The molecule has 1 atom stereocenters. The molecule has 3 aromatic carbocycles. The Morgan fingerprint density at radius 2 is 1.56 bits per heavy atom. The van der Waals surface area contributed by atoms with Crippen molar-refractivity contribution in [1.29, 1.82) is 0 Å². The van der Waals surface area contributed by atoms with Crippen molar-refractivity contribution in [3.05, 3.63) is 88.9 Å². The van der Waals surface area contributed by atoms with E-state index in [0.717, 1.165) is 15.4 Å². The summed E-state index contributed by atoms with van der Waals surface area (Å²) in [4.78, 5) is 28.4. The molecule has 0 unspecified atom stereocenters. The van der Waals surface area contributed by atoms with Crippen molar-refractivity contribution in [3.8, 4) is 5.75 Å². The van der Waals surface area contributed by atoms with Gasteiger partial charge >= 0.3 is 0 Å². The van der Waals surface area contributed by atoms with Crippen molar-refractivity contribution in [3.63, 3.8) is 0 Å². The number of halogens is 1. The molecule has 1 N–H and O–H groups in total. The van der Waals surface area contributed by atoms with Gasteiger partial charge in [0.15, 0.2) is 0 Å². The van der Waals surface area contributed by atoms with Gasteiger partial charge in [-0.05, 0) is 74.4 Å².